The molecule has 0 saturated carbocycles. The molecule has 0 aliphatic heterocycles. The number of aromatic nitrogens is 1. The first-order valence-corrected chi connectivity index (χ1v) is 5.22. The number of hydrogen-bond donors (Lipinski definition) is 1. The molecule has 1 aromatic carbocycles. The highest BCUT2D eigenvalue weighted by molar-refractivity contribution is 5.57. The maximum absolute atomic E-state index is 4.14. The van der Waals surface area contributed by atoms with Gasteiger partial charge in [0.15, 0.2) is 18.9 Å². The molecule has 2 aromatic rings. The fraction of sp³-hybridized carbons (Fsp3) is 0.0769. The second-order valence-corrected chi connectivity index (χ2v) is 3.36. The van der Waals surface area contributed by atoms with E-state index in [1.807, 2.05) is 67.1 Å². The van der Waals surface area contributed by atoms with Gasteiger partial charge in [0.1, 0.15) is 0 Å². The number of para-hydroxylation sites is 1. The molecule has 1 heterocycles. The van der Waals surface area contributed by atoms with Crippen molar-refractivity contribution in [1.82, 2.24) is 0 Å². The summed E-state index contributed by atoms with van der Waals surface area (Å²) in [4.78, 5) is 0. The maximum Gasteiger partial charge on any atom is 0.185 e. The standard InChI is InChI=1S/C13H14N3.HI/c1-3-7-13(8-4-1)15-14-9-12-16-10-5-2-6-11-16;/h1-11,15H,12H2;1H/q+1;/p-1/b14-9+;. The molecule has 17 heavy (non-hydrogen) atoms. The lowest BCUT2D eigenvalue weighted by molar-refractivity contribution is -0.681. The van der Waals surface area contributed by atoms with Crippen molar-refractivity contribution in [3.63, 3.8) is 0 Å². The van der Waals surface area contributed by atoms with Crippen molar-refractivity contribution in [3.8, 4) is 0 Å². The molecule has 0 saturated heterocycles. The Bertz CT molecular complexity index is 399. The van der Waals surface area contributed by atoms with E-state index in [2.05, 4.69) is 15.1 Å². The van der Waals surface area contributed by atoms with Crippen LogP contribution < -0.4 is 34.0 Å². The second kappa shape index (κ2) is 7.78. The molecule has 0 radical (unpaired) electrons. The quantitative estimate of drug-likeness (QED) is 0.332. The molecule has 2 rings (SSSR count). The van der Waals surface area contributed by atoms with Crippen LogP contribution in [-0.2, 0) is 6.54 Å². The molecule has 1 N–H and O–H groups in total. The van der Waals surface area contributed by atoms with Crippen molar-refractivity contribution in [2.24, 2.45) is 5.10 Å². The predicted molar refractivity (Wildman–Crippen MR) is 65.2 cm³/mol. The van der Waals surface area contributed by atoms with E-state index in [1.54, 1.807) is 0 Å². The topological polar surface area (TPSA) is 28.3 Å². The second-order valence-electron chi connectivity index (χ2n) is 3.36. The zero-order valence-electron chi connectivity index (χ0n) is 9.33. The number of rotatable bonds is 4. The van der Waals surface area contributed by atoms with E-state index in [0.29, 0.717) is 0 Å². The summed E-state index contributed by atoms with van der Waals surface area (Å²) in [6.45, 7) is 0.765. The van der Waals surface area contributed by atoms with E-state index in [-0.39, 0.29) is 24.0 Å². The Morgan fingerprint density at radius 3 is 2.35 bits per heavy atom. The number of benzene rings is 1. The summed E-state index contributed by atoms with van der Waals surface area (Å²) in [7, 11) is 0. The van der Waals surface area contributed by atoms with E-state index in [4.69, 9.17) is 0 Å². The van der Waals surface area contributed by atoms with E-state index in [0.717, 1.165) is 12.2 Å². The number of halogens is 1. The Labute approximate surface area is 118 Å². The van der Waals surface area contributed by atoms with Crippen LogP contribution in [0.2, 0.25) is 0 Å². The number of hydrogen-bond acceptors (Lipinski definition) is 2. The molecule has 0 bridgehead atoms. The number of anilines is 1. The van der Waals surface area contributed by atoms with Gasteiger partial charge in [0.05, 0.1) is 11.9 Å². The molecule has 4 heteroatoms. The highest BCUT2D eigenvalue weighted by atomic mass is 127. The van der Waals surface area contributed by atoms with Crippen molar-refractivity contribution >= 4 is 11.9 Å². The minimum absolute atomic E-state index is 0. The van der Waals surface area contributed by atoms with Gasteiger partial charge in [0.25, 0.3) is 0 Å². The molecule has 0 spiro atoms. The van der Waals surface area contributed by atoms with Gasteiger partial charge in [-0.15, -0.1) is 0 Å². The maximum atomic E-state index is 4.14. The molecular formula is C13H14IN3. The molecule has 0 atom stereocenters. The molecular weight excluding hydrogens is 325 g/mol. The first-order chi connectivity index (χ1) is 7.95. The highest BCUT2D eigenvalue weighted by Gasteiger charge is 1.92. The zero-order chi connectivity index (χ0) is 11.1. The van der Waals surface area contributed by atoms with Crippen molar-refractivity contribution in [2.75, 3.05) is 5.43 Å². The molecule has 88 valence electrons. The Hall–Kier alpha value is -1.43. The molecule has 0 aliphatic carbocycles. The number of pyridine rings is 1. The first kappa shape index (κ1) is 13.6. The third kappa shape index (κ3) is 4.95. The Morgan fingerprint density at radius 2 is 1.65 bits per heavy atom. The van der Waals surface area contributed by atoms with Crippen LogP contribution in [0.1, 0.15) is 0 Å². The van der Waals surface area contributed by atoms with E-state index >= 15 is 0 Å². The van der Waals surface area contributed by atoms with Crippen LogP contribution >= 0.6 is 0 Å². The monoisotopic (exact) mass is 339 g/mol. The lowest BCUT2D eigenvalue weighted by Gasteiger charge is -1.97. The van der Waals surface area contributed by atoms with E-state index < -0.39 is 0 Å². The molecule has 0 unspecified atom stereocenters. The van der Waals surface area contributed by atoms with Crippen LogP contribution in [0.25, 0.3) is 0 Å². The van der Waals surface area contributed by atoms with Crippen molar-refractivity contribution < 1.29 is 28.5 Å². The number of hydrazone groups is 1. The van der Waals surface area contributed by atoms with Crippen LogP contribution in [-0.4, -0.2) is 6.21 Å². The van der Waals surface area contributed by atoms with Crippen LogP contribution in [0.15, 0.2) is 66.0 Å². The minimum Gasteiger partial charge on any atom is -1.00 e. The van der Waals surface area contributed by atoms with Gasteiger partial charge < -0.3 is 24.0 Å². The summed E-state index contributed by atoms with van der Waals surface area (Å²) in [5, 5.41) is 4.14. The molecule has 3 nitrogen and oxygen atoms in total. The molecule has 0 fully saturated rings. The number of nitrogens with zero attached hydrogens (tertiary/aromatic N) is 2. The summed E-state index contributed by atoms with van der Waals surface area (Å²) in [6, 6.07) is 15.9. The normalized spacial score (nSPS) is 9.88. The largest absolute Gasteiger partial charge is 1.00 e. The Morgan fingerprint density at radius 1 is 1.00 bits per heavy atom. The summed E-state index contributed by atoms with van der Waals surface area (Å²) >= 11 is 0. The lowest BCUT2D eigenvalue weighted by Crippen LogP contribution is -3.00. The Balaban J connectivity index is 0.00000144. The lowest BCUT2D eigenvalue weighted by atomic mass is 10.3. The summed E-state index contributed by atoms with van der Waals surface area (Å²) < 4.78 is 2.05. The van der Waals surface area contributed by atoms with Gasteiger partial charge in [-0.05, 0) is 12.1 Å². The highest BCUT2D eigenvalue weighted by Crippen LogP contribution is 2.03. The number of nitrogens with one attached hydrogen (secondary N) is 1. The fourth-order valence-corrected chi connectivity index (χ4v) is 1.32. The van der Waals surface area contributed by atoms with Gasteiger partial charge in [0.2, 0.25) is 0 Å². The SMILES string of the molecule is C(/C[n+]1ccccc1)=N\Nc1ccccc1.[I-]. The van der Waals surface area contributed by atoms with Crippen molar-refractivity contribution in [1.29, 1.82) is 0 Å². The van der Waals surface area contributed by atoms with Crippen LogP contribution in [0.5, 0.6) is 0 Å². The van der Waals surface area contributed by atoms with Gasteiger partial charge in [0, 0.05) is 12.1 Å². The average Bonchev–Trinajstić information content (AvgIpc) is 2.37. The van der Waals surface area contributed by atoms with Crippen LogP contribution in [0.4, 0.5) is 5.69 Å². The fourth-order valence-electron chi connectivity index (χ4n) is 1.32. The van der Waals surface area contributed by atoms with Gasteiger partial charge in [-0.1, -0.05) is 24.3 Å². The van der Waals surface area contributed by atoms with Crippen LogP contribution in [0.3, 0.4) is 0 Å². The zero-order valence-corrected chi connectivity index (χ0v) is 11.5. The summed E-state index contributed by atoms with van der Waals surface area (Å²) in [5.74, 6) is 0. The van der Waals surface area contributed by atoms with E-state index in [9.17, 15) is 0 Å². The molecule has 1 aromatic heterocycles. The minimum atomic E-state index is 0. The van der Waals surface area contributed by atoms with Crippen molar-refractivity contribution in [3.05, 3.63) is 60.9 Å². The molecule has 0 amide bonds. The van der Waals surface area contributed by atoms with Gasteiger partial charge in [-0.25, -0.2) is 0 Å². The van der Waals surface area contributed by atoms with Crippen LogP contribution in [0, 0.1) is 0 Å². The van der Waals surface area contributed by atoms with E-state index in [1.165, 1.54) is 0 Å². The summed E-state index contributed by atoms with van der Waals surface area (Å²) in [6.07, 6.45) is 5.86. The average molecular weight is 339 g/mol. The third-order valence-electron chi connectivity index (χ3n) is 2.13. The molecule has 0 aliphatic rings. The van der Waals surface area contributed by atoms with Gasteiger partial charge >= 0.3 is 0 Å². The third-order valence-corrected chi connectivity index (χ3v) is 2.13. The first-order valence-electron chi connectivity index (χ1n) is 5.22. The summed E-state index contributed by atoms with van der Waals surface area (Å²) in [5.41, 5.74) is 3.97. The van der Waals surface area contributed by atoms with Gasteiger partial charge in [-0.3, -0.25) is 5.43 Å². The Kier molecular flexibility index (Phi) is 6.24. The van der Waals surface area contributed by atoms with Crippen molar-refractivity contribution in [2.45, 2.75) is 6.54 Å². The smallest absolute Gasteiger partial charge is 0.185 e. The van der Waals surface area contributed by atoms with Gasteiger partial charge in [-0.2, -0.15) is 9.67 Å². The predicted octanol–water partition coefficient (Wildman–Crippen LogP) is -0.924.